The second-order valence-corrected chi connectivity index (χ2v) is 11.4. The molecule has 1 aliphatic rings. The number of nitrogen functional groups attached to an aromatic ring is 1. The normalized spacial score (nSPS) is 15.6. The van der Waals surface area contributed by atoms with Crippen molar-refractivity contribution in [2.75, 3.05) is 35.6 Å². The van der Waals surface area contributed by atoms with Crippen LogP contribution >= 0.6 is 0 Å². The van der Waals surface area contributed by atoms with Crippen LogP contribution in [0.3, 0.4) is 0 Å². The Hall–Kier alpha value is -4.41. The SMILES string of the molecule is Cc1c(NCC(NC(=O)OCc2ccccc2)(C(=O)O)C(C)(C)C)ncnc1N1CCC(c2cccc(N)n2)CC1. The molecule has 0 radical (unpaired) electrons. The monoisotopic (exact) mass is 561 g/mol. The zero-order valence-electron chi connectivity index (χ0n) is 24.1. The van der Waals surface area contributed by atoms with Gasteiger partial charge in [-0.15, -0.1) is 0 Å². The average Bonchev–Trinajstić information content (AvgIpc) is 2.94. The van der Waals surface area contributed by atoms with E-state index in [4.69, 9.17) is 10.5 Å². The van der Waals surface area contributed by atoms with E-state index in [-0.39, 0.29) is 13.2 Å². The highest BCUT2D eigenvalue weighted by atomic mass is 16.5. The number of nitrogens with two attached hydrogens (primary N) is 1. The lowest BCUT2D eigenvalue weighted by molar-refractivity contribution is -0.148. The molecule has 1 aromatic carbocycles. The molecule has 4 rings (SSSR count). The molecule has 1 unspecified atom stereocenters. The van der Waals surface area contributed by atoms with Gasteiger partial charge in [0.2, 0.25) is 0 Å². The molecule has 11 heteroatoms. The molecule has 1 aliphatic heterocycles. The number of carboxylic acids is 1. The second-order valence-electron chi connectivity index (χ2n) is 11.4. The van der Waals surface area contributed by atoms with Crippen LogP contribution in [0.4, 0.5) is 22.2 Å². The summed E-state index contributed by atoms with van der Waals surface area (Å²) < 4.78 is 5.37. The maximum Gasteiger partial charge on any atom is 0.408 e. The van der Waals surface area contributed by atoms with Crippen LogP contribution in [-0.2, 0) is 16.1 Å². The van der Waals surface area contributed by atoms with E-state index in [2.05, 4.69) is 30.5 Å². The van der Waals surface area contributed by atoms with E-state index in [1.807, 2.05) is 49.4 Å². The van der Waals surface area contributed by atoms with E-state index >= 15 is 0 Å². The number of rotatable bonds is 9. The number of aromatic nitrogens is 3. The quantitative estimate of drug-likeness (QED) is 0.296. The van der Waals surface area contributed by atoms with Crippen LogP contribution in [-0.4, -0.2) is 57.3 Å². The summed E-state index contributed by atoms with van der Waals surface area (Å²) in [5.41, 5.74) is 5.92. The number of amides is 1. The lowest BCUT2D eigenvalue weighted by Gasteiger charge is -2.41. The molecule has 0 saturated carbocycles. The fourth-order valence-corrected chi connectivity index (χ4v) is 5.12. The van der Waals surface area contributed by atoms with Gasteiger partial charge in [0, 0.05) is 30.3 Å². The van der Waals surface area contributed by atoms with E-state index in [1.165, 1.54) is 6.33 Å². The van der Waals surface area contributed by atoms with Crippen molar-refractivity contribution in [2.24, 2.45) is 5.41 Å². The van der Waals surface area contributed by atoms with Gasteiger partial charge in [0.15, 0.2) is 5.54 Å². The first-order chi connectivity index (χ1) is 19.5. The minimum Gasteiger partial charge on any atom is -0.479 e. The van der Waals surface area contributed by atoms with Crippen LogP contribution in [0.15, 0.2) is 54.9 Å². The number of anilines is 3. The number of carboxylic acid groups (broad SMARTS) is 1. The molecule has 1 fully saturated rings. The highest BCUT2D eigenvalue weighted by Gasteiger charge is 2.50. The first-order valence-electron chi connectivity index (χ1n) is 13.8. The van der Waals surface area contributed by atoms with Gasteiger partial charge in [0.05, 0.1) is 6.54 Å². The minimum absolute atomic E-state index is 0.0265. The van der Waals surface area contributed by atoms with E-state index in [0.29, 0.717) is 17.6 Å². The standard InChI is InChI=1S/C30H39N7O4/c1-20-25(33-19-34-26(20)37-15-13-22(14-16-37)23-11-8-12-24(31)35-23)32-18-30(27(38)39,29(2,3)4)36-28(40)41-17-21-9-6-5-7-10-21/h5-12,19,22H,13-18H2,1-4H3,(H2,31,35)(H,36,40)(H,38,39)(H,32,33,34). The van der Waals surface area contributed by atoms with Gasteiger partial charge < -0.3 is 31.1 Å². The van der Waals surface area contributed by atoms with Crippen molar-refractivity contribution >= 4 is 29.5 Å². The number of nitrogens with one attached hydrogen (secondary N) is 2. The number of pyridine rings is 1. The van der Waals surface area contributed by atoms with Crippen LogP contribution in [0.5, 0.6) is 0 Å². The first-order valence-corrected chi connectivity index (χ1v) is 13.8. The Morgan fingerprint density at radius 2 is 1.78 bits per heavy atom. The number of carbonyl (C=O) groups excluding carboxylic acids is 1. The molecule has 218 valence electrons. The summed E-state index contributed by atoms with van der Waals surface area (Å²) >= 11 is 0. The number of hydrogen-bond donors (Lipinski definition) is 4. The van der Waals surface area contributed by atoms with Crippen molar-refractivity contribution in [1.29, 1.82) is 0 Å². The molecule has 3 aromatic rings. The minimum atomic E-state index is -1.69. The summed E-state index contributed by atoms with van der Waals surface area (Å²) in [5, 5.41) is 16.2. The van der Waals surface area contributed by atoms with Gasteiger partial charge in [0.1, 0.15) is 30.4 Å². The smallest absolute Gasteiger partial charge is 0.408 e. The number of hydrogen-bond acceptors (Lipinski definition) is 9. The third-order valence-corrected chi connectivity index (χ3v) is 7.76. The summed E-state index contributed by atoms with van der Waals surface area (Å²) in [6.45, 7) is 8.67. The molecule has 0 bridgehead atoms. The fraction of sp³-hybridized carbons (Fsp3) is 0.433. The Morgan fingerprint density at radius 3 is 2.41 bits per heavy atom. The van der Waals surface area contributed by atoms with Gasteiger partial charge >= 0.3 is 12.1 Å². The lowest BCUT2D eigenvalue weighted by Crippen LogP contribution is -2.66. The van der Waals surface area contributed by atoms with Gasteiger partial charge in [-0.05, 0) is 42.9 Å². The summed E-state index contributed by atoms with van der Waals surface area (Å²) in [5.74, 6) is 0.958. The summed E-state index contributed by atoms with van der Waals surface area (Å²) in [7, 11) is 0. The van der Waals surface area contributed by atoms with Gasteiger partial charge in [-0.1, -0.05) is 57.2 Å². The van der Waals surface area contributed by atoms with Crippen molar-refractivity contribution < 1.29 is 19.4 Å². The molecule has 5 N–H and O–H groups in total. The van der Waals surface area contributed by atoms with E-state index < -0.39 is 23.0 Å². The first kappa shape index (κ1) is 29.6. The predicted octanol–water partition coefficient (Wildman–Crippen LogP) is 4.35. The number of ether oxygens (including phenoxy) is 1. The molecule has 2 aromatic heterocycles. The van der Waals surface area contributed by atoms with Crippen molar-refractivity contribution in [3.05, 3.63) is 71.7 Å². The zero-order chi connectivity index (χ0) is 29.6. The third kappa shape index (κ3) is 6.85. The number of aliphatic carboxylic acids is 1. The Kier molecular flexibility index (Phi) is 8.95. The van der Waals surface area contributed by atoms with Gasteiger partial charge in [-0.25, -0.2) is 24.5 Å². The Bertz CT molecular complexity index is 1350. The molecular weight excluding hydrogens is 522 g/mol. The maximum absolute atomic E-state index is 12.8. The maximum atomic E-state index is 12.8. The predicted molar refractivity (Wildman–Crippen MR) is 158 cm³/mol. The van der Waals surface area contributed by atoms with Crippen LogP contribution in [0.2, 0.25) is 0 Å². The Balaban J connectivity index is 1.46. The van der Waals surface area contributed by atoms with Crippen molar-refractivity contribution in [3.8, 4) is 0 Å². The van der Waals surface area contributed by atoms with Crippen LogP contribution in [0.1, 0.15) is 56.4 Å². The lowest BCUT2D eigenvalue weighted by atomic mass is 9.73. The van der Waals surface area contributed by atoms with Crippen molar-refractivity contribution in [3.63, 3.8) is 0 Å². The molecule has 1 atom stereocenters. The molecule has 0 spiro atoms. The topological polar surface area (TPSA) is 156 Å². The van der Waals surface area contributed by atoms with E-state index in [1.54, 1.807) is 26.8 Å². The second kappa shape index (κ2) is 12.4. The molecule has 1 amide bonds. The fourth-order valence-electron chi connectivity index (χ4n) is 5.12. The Labute approximate surface area is 240 Å². The average molecular weight is 562 g/mol. The molecule has 11 nitrogen and oxygen atoms in total. The van der Waals surface area contributed by atoms with Crippen LogP contribution in [0, 0.1) is 12.3 Å². The molecular formula is C30H39N7O4. The molecule has 3 heterocycles. The van der Waals surface area contributed by atoms with Crippen LogP contribution < -0.4 is 21.3 Å². The number of benzene rings is 1. The number of nitrogens with zero attached hydrogens (tertiary/aromatic N) is 4. The molecule has 1 saturated heterocycles. The van der Waals surface area contributed by atoms with Crippen LogP contribution in [0.25, 0.3) is 0 Å². The third-order valence-electron chi connectivity index (χ3n) is 7.76. The van der Waals surface area contributed by atoms with E-state index in [9.17, 15) is 14.7 Å². The molecule has 0 aliphatic carbocycles. The van der Waals surface area contributed by atoms with Crippen molar-refractivity contribution in [2.45, 2.75) is 58.6 Å². The summed E-state index contributed by atoms with van der Waals surface area (Å²) in [6.07, 6.45) is 2.47. The van der Waals surface area contributed by atoms with Gasteiger partial charge in [-0.2, -0.15) is 0 Å². The number of alkyl carbamates (subject to hydrolysis) is 1. The number of carbonyl (C=O) groups is 2. The molecule has 41 heavy (non-hydrogen) atoms. The summed E-state index contributed by atoms with van der Waals surface area (Å²) in [4.78, 5) is 41.1. The highest BCUT2D eigenvalue weighted by Crippen LogP contribution is 2.34. The Morgan fingerprint density at radius 1 is 1.07 bits per heavy atom. The van der Waals surface area contributed by atoms with Gasteiger partial charge in [-0.3, -0.25) is 0 Å². The van der Waals surface area contributed by atoms with E-state index in [0.717, 1.165) is 48.6 Å². The van der Waals surface area contributed by atoms with Gasteiger partial charge in [0.25, 0.3) is 0 Å². The summed E-state index contributed by atoms with van der Waals surface area (Å²) in [6, 6.07) is 15.0. The number of piperidine rings is 1. The zero-order valence-corrected chi connectivity index (χ0v) is 24.1. The highest BCUT2D eigenvalue weighted by molar-refractivity contribution is 5.86. The van der Waals surface area contributed by atoms with Crippen molar-refractivity contribution in [1.82, 2.24) is 20.3 Å². The largest absolute Gasteiger partial charge is 0.479 e.